The van der Waals surface area contributed by atoms with Crippen LogP contribution in [0.15, 0.2) is 24.3 Å². The Kier molecular flexibility index (Phi) is 7.34. The second-order valence-corrected chi connectivity index (χ2v) is 6.73. The number of nitrogens with one attached hydrogen (secondary N) is 2. The lowest BCUT2D eigenvalue weighted by Crippen LogP contribution is -2.43. The third-order valence-electron chi connectivity index (χ3n) is 4.54. The van der Waals surface area contributed by atoms with Gasteiger partial charge >= 0.3 is 0 Å². The molecule has 1 aromatic rings. The Morgan fingerprint density at radius 1 is 1.26 bits per heavy atom. The molecule has 0 aliphatic heterocycles. The topological polar surface area (TPSA) is 50.4 Å². The summed E-state index contributed by atoms with van der Waals surface area (Å²) in [6, 6.07) is 7.86. The molecule has 128 valence electrons. The van der Waals surface area contributed by atoms with Gasteiger partial charge in [-0.1, -0.05) is 36.6 Å². The maximum atomic E-state index is 12.7. The summed E-state index contributed by atoms with van der Waals surface area (Å²) >= 11 is 6.08. The summed E-state index contributed by atoms with van der Waals surface area (Å²) in [5, 5.41) is 7.08. The minimum Gasteiger partial charge on any atom is -0.383 e. The molecule has 0 unspecified atom stereocenters. The molecule has 1 aliphatic carbocycles. The molecule has 1 amide bonds. The maximum Gasteiger partial charge on any atom is 0.226 e. The molecule has 1 aromatic carbocycles. The van der Waals surface area contributed by atoms with Crippen LogP contribution in [-0.4, -0.2) is 39.3 Å². The van der Waals surface area contributed by atoms with Crippen molar-refractivity contribution in [1.82, 2.24) is 10.6 Å². The van der Waals surface area contributed by atoms with E-state index in [1.165, 1.54) is 0 Å². The highest BCUT2D eigenvalue weighted by Crippen LogP contribution is 2.41. The summed E-state index contributed by atoms with van der Waals surface area (Å²) in [5.74, 6) is 0.184. The molecule has 1 fully saturated rings. The first kappa shape index (κ1) is 18.2. The number of halogens is 1. The molecule has 0 spiro atoms. The van der Waals surface area contributed by atoms with E-state index in [4.69, 9.17) is 16.3 Å². The minimum absolute atomic E-state index is 0.184. The van der Waals surface area contributed by atoms with E-state index in [1.807, 2.05) is 18.2 Å². The van der Waals surface area contributed by atoms with Gasteiger partial charge in [0, 0.05) is 31.8 Å². The van der Waals surface area contributed by atoms with Gasteiger partial charge in [0.15, 0.2) is 0 Å². The van der Waals surface area contributed by atoms with Gasteiger partial charge in [0.2, 0.25) is 5.91 Å². The van der Waals surface area contributed by atoms with E-state index in [-0.39, 0.29) is 11.3 Å². The van der Waals surface area contributed by atoms with Gasteiger partial charge in [-0.05, 0) is 37.0 Å². The predicted octanol–water partition coefficient (Wildman–Crippen LogP) is 2.80. The maximum absolute atomic E-state index is 12.7. The number of amides is 1. The first-order chi connectivity index (χ1) is 11.2. The minimum atomic E-state index is -0.267. The van der Waals surface area contributed by atoms with Crippen molar-refractivity contribution in [3.8, 4) is 0 Å². The van der Waals surface area contributed by atoms with E-state index in [9.17, 15) is 4.79 Å². The highest BCUT2D eigenvalue weighted by Gasteiger charge is 2.40. The molecule has 2 N–H and O–H groups in total. The Labute approximate surface area is 143 Å². The average molecular weight is 339 g/mol. The van der Waals surface area contributed by atoms with Crippen LogP contribution in [0.2, 0.25) is 5.02 Å². The van der Waals surface area contributed by atoms with Crippen molar-refractivity contribution in [3.05, 3.63) is 34.9 Å². The molecule has 1 aliphatic rings. The Morgan fingerprint density at radius 3 is 2.74 bits per heavy atom. The Bertz CT molecular complexity index is 502. The zero-order valence-electron chi connectivity index (χ0n) is 13.9. The molecular formula is C18H27ClN2O2. The standard InChI is InChI=1S/C18H27ClN2O2/c1-23-12-11-20-9-10-21-17(22)18(7-2-3-8-18)14-15-5-4-6-16(19)13-15/h4-6,13,20H,2-3,7-12,14H2,1H3,(H,21,22). The number of hydrogen-bond acceptors (Lipinski definition) is 3. The van der Waals surface area contributed by atoms with E-state index in [0.717, 1.165) is 55.8 Å². The molecule has 0 radical (unpaired) electrons. The highest BCUT2D eigenvalue weighted by atomic mass is 35.5. The second-order valence-electron chi connectivity index (χ2n) is 6.29. The zero-order valence-corrected chi connectivity index (χ0v) is 14.6. The van der Waals surface area contributed by atoms with Gasteiger partial charge in [-0.3, -0.25) is 4.79 Å². The van der Waals surface area contributed by atoms with Crippen molar-refractivity contribution in [2.45, 2.75) is 32.1 Å². The van der Waals surface area contributed by atoms with Gasteiger partial charge in [0.25, 0.3) is 0 Å². The zero-order chi connectivity index (χ0) is 16.5. The van der Waals surface area contributed by atoms with Crippen LogP contribution in [0, 0.1) is 5.41 Å². The monoisotopic (exact) mass is 338 g/mol. The Hall–Kier alpha value is -1.10. The van der Waals surface area contributed by atoms with Crippen LogP contribution in [0.5, 0.6) is 0 Å². The van der Waals surface area contributed by atoms with Gasteiger partial charge in [0.05, 0.1) is 12.0 Å². The predicted molar refractivity (Wildman–Crippen MR) is 93.8 cm³/mol. The molecule has 23 heavy (non-hydrogen) atoms. The quantitative estimate of drug-likeness (QED) is 0.681. The van der Waals surface area contributed by atoms with Crippen LogP contribution in [0.4, 0.5) is 0 Å². The summed E-state index contributed by atoms with van der Waals surface area (Å²) in [5.41, 5.74) is 0.879. The lowest BCUT2D eigenvalue weighted by Gasteiger charge is -2.28. The number of hydrogen-bond donors (Lipinski definition) is 2. The molecule has 0 bridgehead atoms. The van der Waals surface area contributed by atoms with Gasteiger partial charge in [-0.25, -0.2) is 0 Å². The van der Waals surface area contributed by atoms with Crippen molar-refractivity contribution in [2.75, 3.05) is 33.4 Å². The van der Waals surface area contributed by atoms with E-state index in [1.54, 1.807) is 7.11 Å². The average Bonchev–Trinajstić information content (AvgIpc) is 3.00. The van der Waals surface area contributed by atoms with Crippen molar-refractivity contribution in [1.29, 1.82) is 0 Å². The van der Waals surface area contributed by atoms with E-state index in [0.29, 0.717) is 13.2 Å². The molecule has 0 heterocycles. The van der Waals surface area contributed by atoms with Crippen LogP contribution in [0.1, 0.15) is 31.2 Å². The SMILES string of the molecule is COCCNCCNC(=O)C1(Cc2cccc(Cl)c2)CCCC1. The van der Waals surface area contributed by atoms with Crippen LogP contribution < -0.4 is 10.6 Å². The molecular weight excluding hydrogens is 312 g/mol. The summed E-state index contributed by atoms with van der Waals surface area (Å²) in [6.07, 6.45) is 4.95. The highest BCUT2D eigenvalue weighted by molar-refractivity contribution is 6.30. The molecule has 0 aromatic heterocycles. The molecule has 2 rings (SSSR count). The first-order valence-electron chi connectivity index (χ1n) is 8.39. The van der Waals surface area contributed by atoms with Crippen LogP contribution >= 0.6 is 11.6 Å². The molecule has 4 nitrogen and oxygen atoms in total. The summed E-state index contributed by atoms with van der Waals surface area (Å²) < 4.78 is 4.98. The molecule has 0 atom stereocenters. The van der Waals surface area contributed by atoms with Crippen molar-refractivity contribution >= 4 is 17.5 Å². The van der Waals surface area contributed by atoms with Crippen LogP contribution in [-0.2, 0) is 16.0 Å². The fraction of sp³-hybridized carbons (Fsp3) is 0.611. The lowest BCUT2D eigenvalue weighted by atomic mass is 9.79. The smallest absolute Gasteiger partial charge is 0.226 e. The summed E-state index contributed by atoms with van der Waals surface area (Å²) in [6.45, 7) is 2.91. The number of carbonyl (C=O) groups is 1. The fourth-order valence-electron chi connectivity index (χ4n) is 3.32. The third-order valence-corrected chi connectivity index (χ3v) is 4.78. The van der Waals surface area contributed by atoms with Crippen molar-refractivity contribution < 1.29 is 9.53 Å². The lowest BCUT2D eigenvalue weighted by molar-refractivity contribution is -0.130. The third kappa shape index (κ3) is 5.48. The fourth-order valence-corrected chi connectivity index (χ4v) is 3.54. The van der Waals surface area contributed by atoms with Crippen LogP contribution in [0.3, 0.4) is 0 Å². The van der Waals surface area contributed by atoms with Gasteiger partial charge in [0.1, 0.15) is 0 Å². The van der Waals surface area contributed by atoms with E-state index < -0.39 is 0 Å². The van der Waals surface area contributed by atoms with Crippen LogP contribution in [0.25, 0.3) is 0 Å². The number of ether oxygens (including phenoxy) is 1. The Balaban J connectivity index is 1.88. The van der Waals surface area contributed by atoms with E-state index >= 15 is 0 Å². The van der Waals surface area contributed by atoms with Gasteiger partial charge < -0.3 is 15.4 Å². The summed E-state index contributed by atoms with van der Waals surface area (Å²) in [7, 11) is 1.68. The molecule has 0 saturated heterocycles. The van der Waals surface area contributed by atoms with Gasteiger partial charge in [-0.15, -0.1) is 0 Å². The number of rotatable bonds is 9. The second kappa shape index (κ2) is 9.26. The first-order valence-corrected chi connectivity index (χ1v) is 8.76. The molecule has 5 heteroatoms. The Morgan fingerprint density at radius 2 is 2.04 bits per heavy atom. The number of benzene rings is 1. The van der Waals surface area contributed by atoms with Crippen molar-refractivity contribution in [3.63, 3.8) is 0 Å². The number of carbonyl (C=O) groups excluding carboxylic acids is 1. The van der Waals surface area contributed by atoms with Gasteiger partial charge in [-0.2, -0.15) is 0 Å². The normalized spacial score (nSPS) is 16.4. The number of methoxy groups -OCH3 is 1. The largest absolute Gasteiger partial charge is 0.383 e. The van der Waals surface area contributed by atoms with Crippen molar-refractivity contribution in [2.24, 2.45) is 5.41 Å². The summed E-state index contributed by atoms with van der Waals surface area (Å²) in [4.78, 5) is 12.7. The van der Waals surface area contributed by atoms with E-state index in [2.05, 4.69) is 16.7 Å². The molecule has 1 saturated carbocycles.